The van der Waals surface area contributed by atoms with E-state index in [-0.39, 0.29) is 6.04 Å². The SMILES string of the molecule is CCOP(=O)(OCC)[C@@H](C)NC(c1ccccn1)c1ccco1. The monoisotopic (exact) mass is 338 g/mol. The summed E-state index contributed by atoms with van der Waals surface area (Å²) in [6.07, 6.45) is 3.31. The lowest BCUT2D eigenvalue weighted by atomic mass is 10.1. The van der Waals surface area contributed by atoms with Crippen LogP contribution in [0.25, 0.3) is 0 Å². The van der Waals surface area contributed by atoms with Crippen LogP contribution >= 0.6 is 7.60 Å². The standard InChI is InChI=1S/C16H23N2O4P/c1-4-21-23(19,22-5-2)13(3)18-16(15-10-8-12-20-15)14-9-6-7-11-17-14/h6-13,16,18H,4-5H2,1-3H3/t13-,16?/m0/s1. The van der Waals surface area contributed by atoms with Crippen LogP contribution in [0.15, 0.2) is 47.2 Å². The summed E-state index contributed by atoms with van der Waals surface area (Å²) in [6, 6.07) is 8.95. The van der Waals surface area contributed by atoms with E-state index < -0.39 is 13.4 Å². The number of furan rings is 1. The highest BCUT2D eigenvalue weighted by atomic mass is 31.2. The van der Waals surface area contributed by atoms with E-state index in [0.717, 1.165) is 5.69 Å². The van der Waals surface area contributed by atoms with Gasteiger partial charge < -0.3 is 13.5 Å². The van der Waals surface area contributed by atoms with Gasteiger partial charge >= 0.3 is 7.60 Å². The summed E-state index contributed by atoms with van der Waals surface area (Å²) in [5.74, 6) is 0.176. The molecule has 126 valence electrons. The quantitative estimate of drug-likeness (QED) is 0.698. The van der Waals surface area contributed by atoms with Gasteiger partial charge in [0.05, 0.1) is 25.2 Å². The lowest BCUT2D eigenvalue weighted by molar-refractivity contribution is 0.207. The predicted molar refractivity (Wildman–Crippen MR) is 88.2 cm³/mol. The molecule has 0 aliphatic heterocycles. The summed E-state index contributed by atoms with van der Waals surface area (Å²) in [6.45, 7) is 6.00. The first-order valence-corrected chi connectivity index (χ1v) is 9.31. The Morgan fingerprint density at radius 3 is 2.48 bits per heavy atom. The topological polar surface area (TPSA) is 73.6 Å². The van der Waals surface area contributed by atoms with E-state index in [1.54, 1.807) is 33.2 Å². The fourth-order valence-corrected chi connectivity index (χ4v) is 3.84. The third kappa shape index (κ3) is 4.52. The van der Waals surface area contributed by atoms with Crippen LogP contribution in [0.1, 0.15) is 38.3 Å². The molecular formula is C16H23N2O4P. The van der Waals surface area contributed by atoms with E-state index in [9.17, 15) is 4.57 Å². The lowest BCUT2D eigenvalue weighted by Gasteiger charge is -2.27. The van der Waals surface area contributed by atoms with Gasteiger partial charge in [0.2, 0.25) is 0 Å². The Morgan fingerprint density at radius 1 is 1.22 bits per heavy atom. The molecule has 0 amide bonds. The molecule has 0 bridgehead atoms. The molecule has 2 aromatic rings. The zero-order chi connectivity index (χ0) is 16.7. The van der Waals surface area contributed by atoms with Crippen LogP contribution in [0.3, 0.4) is 0 Å². The fraction of sp³-hybridized carbons (Fsp3) is 0.438. The van der Waals surface area contributed by atoms with E-state index in [2.05, 4.69) is 10.3 Å². The molecule has 0 spiro atoms. The molecule has 0 aliphatic rings. The number of hydrogen-bond acceptors (Lipinski definition) is 6. The predicted octanol–water partition coefficient (Wildman–Crippen LogP) is 3.97. The van der Waals surface area contributed by atoms with Crippen molar-refractivity contribution in [2.75, 3.05) is 13.2 Å². The molecule has 0 radical (unpaired) electrons. The Hall–Kier alpha value is -1.46. The van der Waals surface area contributed by atoms with E-state index in [0.29, 0.717) is 19.0 Å². The van der Waals surface area contributed by atoms with Crippen LogP contribution < -0.4 is 5.32 Å². The number of nitrogens with one attached hydrogen (secondary N) is 1. The number of aromatic nitrogens is 1. The largest absolute Gasteiger partial charge is 0.467 e. The molecule has 2 rings (SSSR count). The van der Waals surface area contributed by atoms with Gasteiger partial charge in [-0.2, -0.15) is 0 Å². The van der Waals surface area contributed by atoms with E-state index in [1.807, 2.05) is 30.3 Å². The third-order valence-corrected chi connectivity index (χ3v) is 5.65. The van der Waals surface area contributed by atoms with Gasteiger partial charge in [-0.15, -0.1) is 0 Å². The molecule has 23 heavy (non-hydrogen) atoms. The van der Waals surface area contributed by atoms with Crippen molar-refractivity contribution in [3.8, 4) is 0 Å². The maximum atomic E-state index is 12.9. The van der Waals surface area contributed by atoms with Crippen molar-refractivity contribution in [1.29, 1.82) is 0 Å². The molecule has 0 aliphatic carbocycles. The highest BCUT2D eigenvalue weighted by Crippen LogP contribution is 2.52. The van der Waals surface area contributed by atoms with Crippen molar-refractivity contribution in [2.24, 2.45) is 0 Å². The average Bonchev–Trinajstić information content (AvgIpc) is 3.07. The minimum Gasteiger partial charge on any atom is -0.467 e. The minimum atomic E-state index is -3.27. The summed E-state index contributed by atoms with van der Waals surface area (Å²) >= 11 is 0. The first-order chi connectivity index (χ1) is 11.1. The second-order valence-electron chi connectivity index (χ2n) is 4.92. The van der Waals surface area contributed by atoms with Crippen molar-refractivity contribution in [2.45, 2.75) is 32.6 Å². The number of pyridine rings is 1. The van der Waals surface area contributed by atoms with E-state index in [1.165, 1.54) is 0 Å². The third-order valence-electron chi connectivity index (χ3n) is 3.31. The van der Waals surface area contributed by atoms with Gasteiger partial charge in [-0.05, 0) is 45.0 Å². The van der Waals surface area contributed by atoms with E-state index >= 15 is 0 Å². The van der Waals surface area contributed by atoms with Crippen LogP contribution in [-0.2, 0) is 13.6 Å². The molecule has 1 unspecified atom stereocenters. The Kier molecular flexibility index (Phi) is 6.54. The summed E-state index contributed by atoms with van der Waals surface area (Å²) < 4.78 is 29.2. The number of hydrogen-bond donors (Lipinski definition) is 1. The molecule has 0 fully saturated rings. The Labute approximate surface area is 136 Å². The van der Waals surface area contributed by atoms with Gasteiger partial charge in [0.1, 0.15) is 17.6 Å². The van der Waals surface area contributed by atoms with Gasteiger partial charge in [0.25, 0.3) is 0 Å². The number of rotatable bonds is 9. The van der Waals surface area contributed by atoms with Crippen molar-refractivity contribution in [3.63, 3.8) is 0 Å². The summed E-state index contributed by atoms with van der Waals surface area (Å²) in [4.78, 5) is 4.37. The summed E-state index contributed by atoms with van der Waals surface area (Å²) in [5.41, 5.74) is 0.772. The molecule has 2 heterocycles. The molecule has 2 atom stereocenters. The molecule has 0 aromatic carbocycles. The zero-order valence-corrected chi connectivity index (χ0v) is 14.5. The van der Waals surface area contributed by atoms with E-state index in [4.69, 9.17) is 13.5 Å². The Balaban J connectivity index is 2.25. The Bertz CT molecular complexity index is 608. The first-order valence-electron chi connectivity index (χ1n) is 7.70. The maximum Gasteiger partial charge on any atom is 0.347 e. The molecule has 1 N–H and O–H groups in total. The molecule has 2 aromatic heterocycles. The maximum absolute atomic E-state index is 12.9. The highest BCUT2D eigenvalue weighted by molar-refractivity contribution is 7.54. The average molecular weight is 338 g/mol. The van der Waals surface area contributed by atoms with Crippen molar-refractivity contribution in [3.05, 3.63) is 54.2 Å². The normalized spacial score (nSPS) is 14.6. The Morgan fingerprint density at radius 2 is 1.96 bits per heavy atom. The van der Waals surface area contributed by atoms with Gasteiger partial charge in [0.15, 0.2) is 0 Å². The van der Waals surface area contributed by atoms with Crippen LogP contribution in [0, 0.1) is 0 Å². The molecule has 7 heteroatoms. The minimum absolute atomic E-state index is 0.318. The molecular weight excluding hydrogens is 315 g/mol. The van der Waals surface area contributed by atoms with Crippen LogP contribution in [0.2, 0.25) is 0 Å². The molecule has 0 saturated heterocycles. The smallest absolute Gasteiger partial charge is 0.347 e. The van der Waals surface area contributed by atoms with Crippen LogP contribution in [0.4, 0.5) is 0 Å². The summed E-state index contributed by atoms with van der Waals surface area (Å²) in [7, 11) is -3.27. The van der Waals surface area contributed by atoms with Gasteiger partial charge in [0, 0.05) is 6.20 Å². The fourth-order valence-electron chi connectivity index (χ4n) is 2.27. The van der Waals surface area contributed by atoms with Crippen LogP contribution in [0.5, 0.6) is 0 Å². The number of nitrogens with zero attached hydrogens (tertiary/aromatic N) is 1. The zero-order valence-electron chi connectivity index (χ0n) is 13.6. The second kappa shape index (κ2) is 8.41. The molecule has 6 nitrogen and oxygen atoms in total. The molecule has 0 saturated carbocycles. The van der Waals surface area contributed by atoms with Gasteiger partial charge in [-0.1, -0.05) is 6.07 Å². The van der Waals surface area contributed by atoms with Crippen LogP contribution in [-0.4, -0.2) is 24.0 Å². The summed E-state index contributed by atoms with van der Waals surface area (Å²) in [5, 5.41) is 3.28. The second-order valence-corrected chi connectivity index (χ2v) is 7.29. The van der Waals surface area contributed by atoms with Gasteiger partial charge in [-0.3, -0.25) is 14.9 Å². The van der Waals surface area contributed by atoms with Crippen molar-refractivity contribution in [1.82, 2.24) is 10.3 Å². The van der Waals surface area contributed by atoms with Crippen molar-refractivity contribution < 1.29 is 18.0 Å². The van der Waals surface area contributed by atoms with Gasteiger partial charge in [-0.25, -0.2) is 0 Å². The lowest BCUT2D eigenvalue weighted by Crippen LogP contribution is -2.32. The first kappa shape index (κ1) is 17.9. The van der Waals surface area contributed by atoms with Crippen molar-refractivity contribution >= 4 is 7.60 Å². The highest BCUT2D eigenvalue weighted by Gasteiger charge is 2.35.